The first-order valence-electron chi connectivity index (χ1n) is 8.38. The second kappa shape index (κ2) is 10.0. The Bertz CT molecular complexity index is 783. The number of nitrogens with one attached hydrogen (secondary N) is 1. The van der Waals surface area contributed by atoms with E-state index in [0.717, 1.165) is 25.2 Å². The molecule has 0 atom stereocenters. The van der Waals surface area contributed by atoms with E-state index in [1.165, 1.54) is 11.1 Å². The Balaban J connectivity index is 0.000000380. The predicted molar refractivity (Wildman–Crippen MR) is 96.8 cm³/mol. The third kappa shape index (κ3) is 6.52. The van der Waals surface area contributed by atoms with E-state index in [4.69, 9.17) is 19.8 Å². The lowest BCUT2D eigenvalue weighted by molar-refractivity contribution is -0.159. The number of carboxylic acid groups (broad SMARTS) is 2. The van der Waals surface area contributed by atoms with Gasteiger partial charge >= 0.3 is 11.9 Å². The second-order valence-corrected chi connectivity index (χ2v) is 5.87. The van der Waals surface area contributed by atoms with E-state index in [1.807, 2.05) is 29.2 Å². The number of amides is 1. The molecule has 1 amide bonds. The number of aromatic nitrogens is 1. The fourth-order valence-electron chi connectivity index (χ4n) is 2.62. The highest BCUT2D eigenvalue weighted by atomic mass is 16.4. The van der Waals surface area contributed by atoms with Crippen LogP contribution in [0.15, 0.2) is 48.7 Å². The van der Waals surface area contributed by atoms with Gasteiger partial charge in [-0.05, 0) is 29.7 Å². The highest BCUT2D eigenvalue weighted by Gasteiger charge is 2.19. The van der Waals surface area contributed by atoms with Crippen LogP contribution < -0.4 is 5.32 Å². The number of fused-ring (bicyclic) bond motifs is 1. The number of rotatable bonds is 4. The molecule has 3 N–H and O–H groups in total. The van der Waals surface area contributed by atoms with Crippen molar-refractivity contribution in [3.8, 4) is 0 Å². The molecule has 0 radical (unpaired) electrons. The van der Waals surface area contributed by atoms with Crippen LogP contribution in [0.1, 0.15) is 16.8 Å². The van der Waals surface area contributed by atoms with Crippen LogP contribution in [0.25, 0.3) is 0 Å². The summed E-state index contributed by atoms with van der Waals surface area (Å²) in [5, 5.41) is 18.0. The molecule has 0 aliphatic carbocycles. The molecule has 1 aliphatic heterocycles. The number of carboxylic acids is 2. The molecule has 0 saturated heterocycles. The summed E-state index contributed by atoms with van der Waals surface area (Å²) in [5.41, 5.74) is 3.58. The van der Waals surface area contributed by atoms with Crippen LogP contribution in [0.5, 0.6) is 0 Å². The van der Waals surface area contributed by atoms with Crippen LogP contribution in [0.4, 0.5) is 0 Å². The average Bonchev–Trinajstić information content (AvgIpc) is 2.68. The van der Waals surface area contributed by atoms with Gasteiger partial charge in [-0.2, -0.15) is 0 Å². The highest BCUT2D eigenvalue weighted by Crippen LogP contribution is 2.18. The van der Waals surface area contributed by atoms with Crippen LogP contribution >= 0.6 is 0 Å². The molecule has 1 aromatic carbocycles. The Morgan fingerprint density at radius 3 is 2.30 bits per heavy atom. The van der Waals surface area contributed by atoms with Gasteiger partial charge in [0.1, 0.15) is 0 Å². The minimum absolute atomic E-state index is 0.153. The van der Waals surface area contributed by atoms with Crippen LogP contribution in [-0.4, -0.2) is 51.0 Å². The Hall–Kier alpha value is -3.26. The number of hydrogen-bond donors (Lipinski definition) is 3. The molecule has 27 heavy (non-hydrogen) atoms. The molecule has 0 bridgehead atoms. The summed E-state index contributed by atoms with van der Waals surface area (Å²) in [6.07, 6.45) is 2.71. The van der Waals surface area contributed by atoms with Crippen molar-refractivity contribution in [1.29, 1.82) is 0 Å². The number of hydrogen-bond acceptors (Lipinski definition) is 5. The van der Waals surface area contributed by atoms with E-state index < -0.39 is 11.9 Å². The summed E-state index contributed by atoms with van der Waals surface area (Å²) in [6.45, 7) is 2.51. The molecule has 0 fully saturated rings. The Kier molecular flexibility index (Phi) is 7.45. The maximum absolute atomic E-state index is 12.2. The molecule has 1 aliphatic rings. The maximum Gasteiger partial charge on any atom is 0.414 e. The molecule has 2 aromatic rings. The molecular formula is C19H21N3O5. The van der Waals surface area contributed by atoms with Gasteiger partial charge in [-0.15, -0.1) is 0 Å². The Morgan fingerprint density at radius 2 is 1.67 bits per heavy atom. The van der Waals surface area contributed by atoms with Crippen LogP contribution in [-0.2, 0) is 33.9 Å². The van der Waals surface area contributed by atoms with E-state index in [1.54, 1.807) is 6.20 Å². The molecule has 2 heterocycles. The highest BCUT2D eigenvalue weighted by molar-refractivity contribution is 6.27. The van der Waals surface area contributed by atoms with Gasteiger partial charge in [-0.3, -0.25) is 9.78 Å². The number of nitrogens with zero attached hydrogens (tertiary/aromatic N) is 2. The van der Waals surface area contributed by atoms with Gasteiger partial charge in [-0.1, -0.05) is 30.3 Å². The molecule has 0 saturated carbocycles. The molecule has 0 spiro atoms. The number of benzene rings is 1. The van der Waals surface area contributed by atoms with Crippen molar-refractivity contribution in [3.05, 3.63) is 65.5 Å². The molecule has 3 rings (SSSR count). The lowest BCUT2D eigenvalue weighted by Crippen LogP contribution is -2.41. The predicted octanol–water partition coefficient (Wildman–Crippen LogP) is 0.912. The SMILES string of the molecule is O=C(CNCc1ccccn1)N1CCc2ccccc2C1.O=C(O)C(=O)O. The number of carbonyl (C=O) groups is 3. The first kappa shape index (κ1) is 20.1. The summed E-state index contributed by atoms with van der Waals surface area (Å²) in [4.78, 5) is 36.6. The largest absolute Gasteiger partial charge is 0.473 e. The standard InChI is InChI=1S/C17H19N3O.C2H2O4/c21-17(12-18-11-16-7-3-4-9-19-16)20-10-8-14-5-1-2-6-15(14)13-20;3-1(4)2(5)6/h1-7,9,18H,8,10-13H2;(H,3,4)(H,5,6). The second-order valence-electron chi connectivity index (χ2n) is 5.87. The molecule has 1 aromatic heterocycles. The minimum atomic E-state index is -1.82. The van der Waals surface area contributed by atoms with Crippen LogP contribution in [0.3, 0.4) is 0 Å². The fourth-order valence-corrected chi connectivity index (χ4v) is 2.62. The summed E-state index contributed by atoms with van der Waals surface area (Å²) in [7, 11) is 0. The third-order valence-corrected chi connectivity index (χ3v) is 3.97. The molecule has 142 valence electrons. The van der Waals surface area contributed by atoms with E-state index >= 15 is 0 Å². The lowest BCUT2D eigenvalue weighted by atomic mass is 10.00. The maximum atomic E-state index is 12.2. The topological polar surface area (TPSA) is 120 Å². The van der Waals surface area contributed by atoms with Crippen molar-refractivity contribution in [2.45, 2.75) is 19.5 Å². The zero-order valence-corrected chi connectivity index (χ0v) is 14.7. The van der Waals surface area contributed by atoms with Crippen molar-refractivity contribution in [2.24, 2.45) is 0 Å². The lowest BCUT2D eigenvalue weighted by Gasteiger charge is -2.29. The van der Waals surface area contributed by atoms with Gasteiger partial charge in [0.05, 0.1) is 12.2 Å². The quantitative estimate of drug-likeness (QED) is 0.683. The van der Waals surface area contributed by atoms with E-state index in [0.29, 0.717) is 13.1 Å². The van der Waals surface area contributed by atoms with Crippen molar-refractivity contribution in [3.63, 3.8) is 0 Å². The van der Waals surface area contributed by atoms with E-state index in [2.05, 4.69) is 28.5 Å². The molecular weight excluding hydrogens is 350 g/mol. The van der Waals surface area contributed by atoms with Gasteiger partial charge in [0, 0.05) is 25.8 Å². The number of carbonyl (C=O) groups excluding carboxylic acids is 1. The van der Waals surface area contributed by atoms with Crippen LogP contribution in [0, 0.1) is 0 Å². The van der Waals surface area contributed by atoms with Gasteiger partial charge in [0.25, 0.3) is 0 Å². The zero-order chi connectivity index (χ0) is 19.6. The van der Waals surface area contributed by atoms with E-state index in [-0.39, 0.29) is 5.91 Å². The summed E-state index contributed by atoms with van der Waals surface area (Å²) in [6, 6.07) is 14.1. The van der Waals surface area contributed by atoms with Crippen LogP contribution in [0.2, 0.25) is 0 Å². The summed E-state index contributed by atoms with van der Waals surface area (Å²) in [5.74, 6) is -3.49. The number of pyridine rings is 1. The normalized spacial score (nSPS) is 12.4. The zero-order valence-electron chi connectivity index (χ0n) is 14.7. The van der Waals surface area contributed by atoms with Crippen molar-refractivity contribution >= 4 is 17.8 Å². The Labute approximate surface area is 156 Å². The molecule has 0 unspecified atom stereocenters. The van der Waals surface area contributed by atoms with Crippen molar-refractivity contribution in [1.82, 2.24) is 15.2 Å². The monoisotopic (exact) mass is 371 g/mol. The van der Waals surface area contributed by atoms with E-state index in [9.17, 15) is 4.79 Å². The minimum Gasteiger partial charge on any atom is -0.473 e. The van der Waals surface area contributed by atoms with Gasteiger partial charge < -0.3 is 20.4 Å². The molecule has 8 nitrogen and oxygen atoms in total. The number of aliphatic carboxylic acids is 2. The van der Waals surface area contributed by atoms with Gasteiger partial charge in [0.15, 0.2) is 0 Å². The fraction of sp³-hybridized carbons (Fsp3) is 0.263. The first-order chi connectivity index (χ1) is 13.0. The Morgan fingerprint density at radius 1 is 1.00 bits per heavy atom. The third-order valence-electron chi connectivity index (χ3n) is 3.97. The van der Waals surface area contributed by atoms with Crippen molar-refractivity contribution < 1.29 is 24.6 Å². The van der Waals surface area contributed by atoms with Gasteiger partial charge in [-0.25, -0.2) is 9.59 Å². The van der Waals surface area contributed by atoms with Gasteiger partial charge in [0.2, 0.25) is 5.91 Å². The first-order valence-corrected chi connectivity index (χ1v) is 8.38. The molecule has 8 heteroatoms. The average molecular weight is 371 g/mol. The summed E-state index contributed by atoms with van der Waals surface area (Å²) < 4.78 is 0. The smallest absolute Gasteiger partial charge is 0.414 e. The van der Waals surface area contributed by atoms with Crippen molar-refractivity contribution in [2.75, 3.05) is 13.1 Å². The summed E-state index contributed by atoms with van der Waals surface area (Å²) >= 11 is 0.